The monoisotopic (exact) mass is 511 g/mol. The molecule has 1 aromatic rings. The highest BCUT2D eigenvalue weighted by Crippen LogP contribution is 2.24. The molecule has 3 amide bonds. The fraction of sp³-hybridized carbons (Fsp3) is 0.708. The molecule has 204 valence electrons. The molecule has 5 atom stereocenters. The Kier molecular flexibility index (Phi) is 13.5. The van der Waals surface area contributed by atoms with Gasteiger partial charge in [0.15, 0.2) is 0 Å². The number of amides is 3. The highest BCUT2D eigenvalue weighted by Gasteiger charge is 2.45. The first-order valence-corrected chi connectivity index (χ1v) is 12.4. The molecule has 1 aromatic heterocycles. The standard InChI is InChI=1S/C24H41N5O7/c1-5-8-20(33)27-17(14-30)18(32)11-16-12-26-19(13-25-16)24(36,29-22(35)10-7-3)23(15(4)31)28-21(34)9-6-2/h12-13,15,17-18,23,30-32,36H,5-11,14H2,1-4H3,(H,27,33)(H,28,34)(H,29,35)/t15-,17+,18-,23+,24?/m0/s1. The average Bonchev–Trinajstić information content (AvgIpc) is 2.81. The van der Waals surface area contributed by atoms with Crippen molar-refractivity contribution in [2.24, 2.45) is 0 Å². The van der Waals surface area contributed by atoms with E-state index in [4.69, 9.17) is 0 Å². The fourth-order valence-electron chi connectivity index (χ4n) is 3.63. The predicted molar refractivity (Wildman–Crippen MR) is 131 cm³/mol. The number of nitrogens with zero attached hydrogens (tertiary/aromatic N) is 2. The van der Waals surface area contributed by atoms with Gasteiger partial charge in [0.2, 0.25) is 23.4 Å². The van der Waals surface area contributed by atoms with Gasteiger partial charge in [0.05, 0.1) is 36.7 Å². The lowest BCUT2D eigenvalue weighted by atomic mass is 9.94. The largest absolute Gasteiger partial charge is 0.394 e. The van der Waals surface area contributed by atoms with E-state index in [2.05, 4.69) is 25.9 Å². The van der Waals surface area contributed by atoms with E-state index in [1.54, 1.807) is 13.8 Å². The first-order chi connectivity index (χ1) is 17.0. The molecule has 0 spiro atoms. The molecule has 1 heterocycles. The van der Waals surface area contributed by atoms with Gasteiger partial charge >= 0.3 is 0 Å². The van der Waals surface area contributed by atoms with Gasteiger partial charge < -0.3 is 36.4 Å². The summed E-state index contributed by atoms with van der Waals surface area (Å²) in [4.78, 5) is 44.9. The van der Waals surface area contributed by atoms with Gasteiger partial charge in [-0.3, -0.25) is 24.4 Å². The van der Waals surface area contributed by atoms with Crippen LogP contribution in [0.3, 0.4) is 0 Å². The highest BCUT2D eigenvalue weighted by atomic mass is 16.3. The SMILES string of the molecule is CCCC(=O)N[C@H]([C@H](C)O)C(O)(NC(=O)CCC)c1cnc(C[C@H](O)[C@@H](CO)NC(=O)CCC)cn1. The Hall–Kier alpha value is -2.67. The third kappa shape index (κ3) is 9.41. The zero-order valence-electron chi connectivity index (χ0n) is 21.5. The molecule has 0 aliphatic rings. The maximum Gasteiger partial charge on any atom is 0.222 e. The molecule has 1 rings (SSSR count). The number of aromatic nitrogens is 2. The summed E-state index contributed by atoms with van der Waals surface area (Å²) >= 11 is 0. The van der Waals surface area contributed by atoms with E-state index in [1.807, 2.05) is 6.92 Å². The second kappa shape index (κ2) is 15.4. The van der Waals surface area contributed by atoms with E-state index >= 15 is 0 Å². The van der Waals surface area contributed by atoms with Crippen LogP contribution >= 0.6 is 0 Å². The third-order valence-electron chi connectivity index (χ3n) is 5.53. The summed E-state index contributed by atoms with van der Waals surface area (Å²) in [5, 5.41) is 49.5. The van der Waals surface area contributed by atoms with Gasteiger partial charge in [-0.15, -0.1) is 0 Å². The van der Waals surface area contributed by atoms with Crippen LogP contribution in [-0.2, 0) is 26.5 Å². The molecule has 0 saturated heterocycles. The average molecular weight is 512 g/mol. The van der Waals surface area contributed by atoms with Crippen LogP contribution in [0, 0.1) is 0 Å². The Balaban J connectivity index is 3.20. The van der Waals surface area contributed by atoms with Crippen LogP contribution in [-0.4, -0.2) is 79.0 Å². The van der Waals surface area contributed by atoms with Gasteiger partial charge in [0, 0.05) is 31.9 Å². The Morgan fingerprint density at radius 3 is 1.94 bits per heavy atom. The molecule has 36 heavy (non-hydrogen) atoms. The number of rotatable bonds is 16. The summed E-state index contributed by atoms with van der Waals surface area (Å²) in [7, 11) is 0. The topological polar surface area (TPSA) is 194 Å². The van der Waals surface area contributed by atoms with Crippen LogP contribution in [0.15, 0.2) is 12.4 Å². The molecule has 12 heteroatoms. The Bertz CT molecular complexity index is 837. The van der Waals surface area contributed by atoms with Crippen LogP contribution in [0.5, 0.6) is 0 Å². The summed E-state index contributed by atoms with van der Waals surface area (Å²) in [5.41, 5.74) is -2.10. The minimum atomic E-state index is -2.27. The van der Waals surface area contributed by atoms with Crippen molar-refractivity contribution in [3.05, 3.63) is 23.8 Å². The van der Waals surface area contributed by atoms with Crippen LogP contribution in [0.25, 0.3) is 0 Å². The van der Waals surface area contributed by atoms with Crippen molar-refractivity contribution in [2.45, 2.75) is 103 Å². The molecule has 0 aliphatic heterocycles. The number of carbonyl (C=O) groups excluding carboxylic acids is 3. The van der Waals surface area contributed by atoms with Gasteiger partial charge in [-0.25, -0.2) is 0 Å². The molecule has 0 radical (unpaired) electrons. The minimum Gasteiger partial charge on any atom is -0.394 e. The van der Waals surface area contributed by atoms with Crippen molar-refractivity contribution < 1.29 is 34.8 Å². The molecule has 1 unspecified atom stereocenters. The van der Waals surface area contributed by atoms with Gasteiger partial charge in [0.1, 0.15) is 11.7 Å². The van der Waals surface area contributed by atoms with Crippen molar-refractivity contribution in [3.8, 4) is 0 Å². The molecule has 0 aliphatic carbocycles. The quantitative estimate of drug-likeness (QED) is 0.142. The number of carbonyl (C=O) groups is 3. The van der Waals surface area contributed by atoms with Crippen molar-refractivity contribution >= 4 is 17.7 Å². The van der Waals surface area contributed by atoms with Gasteiger partial charge in [0.25, 0.3) is 0 Å². The van der Waals surface area contributed by atoms with Crippen molar-refractivity contribution in [2.75, 3.05) is 6.61 Å². The van der Waals surface area contributed by atoms with Gasteiger partial charge in [-0.2, -0.15) is 0 Å². The second-order valence-electron chi connectivity index (χ2n) is 8.87. The summed E-state index contributed by atoms with van der Waals surface area (Å²) in [6.07, 6.45) is 2.17. The van der Waals surface area contributed by atoms with Gasteiger partial charge in [-0.1, -0.05) is 20.8 Å². The molecular formula is C24H41N5O7. The van der Waals surface area contributed by atoms with Crippen molar-refractivity contribution in [1.82, 2.24) is 25.9 Å². The molecule has 0 saturated carbocycles. The lowest BCUT2D eigenvalue weighted by Crippen LogP contribution is -2.64. The van der Waals surface area contributed by atoms with Crippen LogP contribution < -0.4 is 16.0 Å². The maximum atomic E-state index is 12.4. The molecule has 0 bridgehead atoms. The summed E-state index contributed by atoms with van der Waals surface area (Å²) in [5.74, 6) is -1.22. The third-order valence-corrected chi connectivity index (χ3v) is 5.53. The number of nitrogens with one attached hydrogen (secondary N) is 3. The lowest BCUT2D eigenvalue weighted by Gasteiger charge is -2.38. The highest BCUT2D eigenvalue weighted by molar-refractivity contribution is 5.78. The molecule has 12 nitrogen and oxygen atoms in total. The zero-order chi connectivity index (χ0) is 27.3. The number of aliphatic hydroxyl groups excluding tert-OH is 3. The Labute approximate surface area is 211 Å². The number of aliphatic hydroxyl groups is 4. The Morgan fingerprint density at radius 2 is 1.47 bits per heavy atom. The van der Waals surface area contributed by atoms with Crippen LogP contribution in [0.1, 0.15) is 77.6 Å². The fourth-order valence-corrected chi connectivity index (χ4v) is 3.63. The van der Waals surface area contributed by atoms with E-state index in [0.29, 0.717) is 25.0 Å². The summed E-state index contributed by atoms with van der Waals surface area (Å²) in [6, 6.07) is -2.22. The van der Waals surface area contributed by atoms with E-state index in [9.17, 15) is 34.8 Å². The van der Waals surface area contributed by atoms with E-state index < -0.39 is 48.4 Å². The summed E-state index contributed by atoms with van der Waals surface area (Å²) in [6.45, 7) is 6.33. The first-order valence-electron chi connectivity index (χ1n) is 12.4. The van der Waals surface area contributed by atoms with Crippen molar-refractivity contribution in [3.63, 3.8) is 0 Å². The molecule has 7 N–H and O–H groups in total. The minimum absolute atomic E-state index is 0.0569. The first kappa shape index (κ1) is 31.4. The lowest BCUT2D eigenvalue weighted by molar-refractivity contribution is -0.141. The maximum absolute atomic E-state index is 12.4. The zero-order valence-corrected chi connectivity index (χ0v) is 21.5. The van der Waals surface area contributed by atoms with Crippen molar-refractivity contribution in [1.29, 1.82) is 0 Å². The smallest absolute Gasteiger partial charge is 0.222 e. The number of hydrogen-bond donors (Lipinski definition) is 7. The van der Waals surface area contributed by atoms with Crippen LogP contribution in [0.2, 0.25) is 0 Å². The van der Waals surface area contributed by atoms with Gasteiger partial charge in [-0.05, 0) is 26.2 Å². The Morgan fingerprint density at radius 1 is 0.917 bits per heavy atom. The summed E-state index contributed by atoms with van der Waals surface area (Å²) < 4.78 is 0. The van der Waals surface area contributed by atoms with Crippen LogP contribution in [0.4, 0.5) is 0 Å². The normalized spacial score (nSPS) is 16.2. The molecular weight excluding hydrogens is 470 g/mol. The van der Waals surface area contributed by atoms with E-state index in [0.717, 1.165) is 0 Å². The van der Waals surface area contributed by atoms with E-state index in [-0.39, 0.29) is 37.3 Å². The van der Waals surface area contributed by atoms with E-state index in [1.165, 1.54) is 19.3 Å². The predicted octanol–water partition coefficient (Wildman–Crippen LogP) is -0.616. The molecule has 0 fully saturated rings. The number of hydrogen-bond acceptors (Lipinski definition) is 9. The molecule has 0 aromatic carbocycles. The second-order valence-corrected chi connectivity index (χ2v) is 8.87.